The van der Waals surface area contributed by atoms with Crippen molar-refractivity contribution in [3.63, 3.8) is 0 Å². The number of ether oxygens (including phenoxy) is 2. The van der Waals surface area contributed by atoms with Crippen molar-refractivity contribution >= 4 is 11.6 Å². The van der Waals surface area contributed by atoms with E-state index in [1.807, 2.05) is 6.07 Å². The Balaban J connectivity index is 2.31. The number of aromatic amines is 1. The fraction of sp³-hybridized carbons (Fsp3) is 0.385. The van der Waals surface area contributed by atoms with Gasteiger partial charge >= 0.3 is 0 Å². The lowest BCUT2D eigenvalue weighted by molar-refractivity contribution is 0.396. The third kappa shape index (κ3) is 2.98. The highest BCUT2D eigenvalue weighted by molar-refractivity contribution is 6.32. The van der Waals surface area contributed by atoms with Crippen LogP contribution >= 0.6 is 11.6 Å². The molecule has 1 atom stereocenters. The van der Waals surface area contributed by atoms with E-state index >= 15 is 0 Å². The van der Waals surface area contributed by atoms with Crippen LogP contribution in [0.3, 0.4) is 0 Å². The zero-order chi connectivity index (χ0) is 13.8. The summed E-state index contributed by atoms with van der Waals surface area (Å²) in [5.74, 6) is 1.61. The lowest BCUT2D eigenvalue weighted by atomic mass is 9.95. The smallest absolute Gasteiger partial charge is 0.138 e. The van der Waals surface area contributed by atoms with Gasteiger partial charge in [-0.2, -0.15) is 15.4 Å². The number of halogens is 1. The van der Waals surface area contributed by atoms with Gasteiger partial charge in [0.05, 0.1) is 31.1 Å². The Morgan fingerprint density at radius 3 is 2.58 bits per heavy atom. The number of rotatable bonds is 5. The van der Waals surface area contributed by atoms with Gasteiger partial charge in [0.2, 0.25) is 0 Å². The van der Waals surface area contributed by atoms with Crippen LogP contribution in [-0.4, -0.2) is 29.6 Å². The fourth-order valence-corrected chi connectivity index (χ4v) is 2.25. The highest BCUT2D eigenvalue weighted by Gasteiger charge is 2.16. The Bertz CT molecular complexity index is 543. The van der Waals surface area contributed by atoms with Crippen molar-refractivity contribution < 1.29 is 9.47 Å². The molecule has 0 saturated carbocycles. The zero-order valence-electron chi connectivity index (χ0n) is 11.1. The van der Waals surface area contributed by atoms with Gasteiger partial charge in [0, 0.05) is 11.6 Å². The van der Waals surface area contributed by atoms with E-state index in [1.54, 1.807) is 26.5 Å². The van der Waals surface area contributed by atoms with Crippen LogP contribution in [0.1, 0.15) is 24.1 Å². The molecule has 2 aromatic rings. The van der Waals surface area contributed by atoms with E-state index in [9.17, 15) is 0 Å². The molecule has 0 fully saturated rings. The molecule has 1 aromatic heterocycles. The Hall–Kier alpha value is -1.75. The molecule has 6 heteroatoms. The number of benzene rings is 1. The number of nitrogens with zero attached hydrogens (tertiary/aromatic N) is 2. The molecule has 0 radical (unpaired) electrons. The number of aromatic nitrogens is 3. The average Bonchev–Trinajstić information content (AvgIpc) is 2.91. The third-order valence-electron chi connectivity index (χ3n) is 3.02. The van der Waals surface area contributed by atoms with Crippen molar-refractivity contribution in [3.8, 4) is 11.5 Å². The summed E-state index contributed by atoms with van der Waals surface area (Å²) in [6.07, 6.45) is 2.48. The van der Waals surface area contributed by atoms with Crippen LogP contribution in [0.25, 0.3) is 0 Å². The Morgan fingerprint density at radius 1 is 1.26 bits per heavy atom. The van der Waals surface area contributed by atoms with Gasteiger partial charge in [-0.25, -0.2) is 0 Å². The first-order chi connectivity index (χ1) is 9.15. The first kappa shape index (κ1) is 13.7. The van der Waals surface area contributed by atoms with Gasteiger partial charge in [-0.05, 0) is 18.4 Å². The molecule has 0 bridgehead atoms. The molecule has 0 aliphatic carbocycles. The van der Waals surface area contributed by atoms with Crippen LogP contribution in [0.5, 0.6) is 11.5 Å². The summed E-state index contributed by atoms with van der Waals surface area (Å²) < 4.78 is 10.6. The second kappa shape index (κ2) is 5.93. The molecule has 1 heterocycles. The molecule has 0 spiro atoms. The quantitative estimate of drug-likeness (QED) is 0.915. The third-order valence-corrected chi connectivity index (χ3v) is 3.31. The van der Waals surface area contributed by atoms with Crippen molar-refractivity contribution in [2.75, 3.05) is 14.2 Å². The standard InChI is InChI=1S/C13H16ClN3O2/c1-8(4-9-7-15-17-16-9)10-5-13(19-3)11(14)6-12(10)18-2/h5-8H,4H2,1-3H3,(H,15,16,17). The number of methoxy groups -OCH3 is 2. The highest BCUT2D eigenvalue weighted by Crippen LogP contribution is 2.37. The number of hydrogen-bond acceptors (Lipinski definition) is 4. The molecule has 0 amide bonds. The number of nitrogens with one attached hydrogen (secondary N) is 1. The summed E-state index contributed by atoms with van der Waals surface area (Å²) in [6, 6.07) is 3.68. The minimum atomic E-state index is 0.214. The van der Waals surface area contributed by atoms with Gasteiger partial charge in [0.15, 0.2) is 0 Å². The molecule has 0 saturated heterocycles. The van der Waals surface area contributed by atoms with Crippen molar-refractivity contribution in [3.05, 3.63) is 34.6 Å². The first-order valence-corrected chi connectivity index (χ1v) is 6.29. The summed E-state index contributed by atoms with van der Waals surface area (Å²) in [6.45, 7) is 2.10. The van der Waals surface area contributed by atoms with E-state index in [0.717, 1.165) is 23.4 Å². The zero-order valence-corrected chi connectivity index (χ0v) is 11.9. The molecule has 19 heavy (non-hydrogen) atoms. The second-order valence-corrected chi connectivity index (χ2v) is 4.70. The van der Waals surface area contributed by atoms with Crippen molar-refractivity contribution in [2.45, 2.75) is 19.3 Å². The van der Waals surface area contributed by atoms with Crippen LogP contribution in [0.2, 0.25) is 5.02 Å². The molecule has 1 unspecified atom stereocenters. The summed E-state index contributed by atoms with van der Waals surface area (Å²) in [4.78, 5) is 0. The molecule has 1 aromatic carbocycles. The monoisotopic (exact) mass is 281 g/mol. The lowest BCUT2D eigenvalue weighted by Crippen LogP contribution is -2.03. The molecular formula is C13H16ClN3O2. The van der Waals surface area contributed by atoms with E-state index < -0.39 is 0 Å². The predicted octanol–water partition coefficient (Wildman–Crippen LogP) is 2.82. The minimum absolute atomic E-state index is 0.214. The molecule has 5 nitrogen and oxygen atoms in total. The topological polar surface area (TPSA) is 60.0 Å². The summed E-state index contributed by atoms with van der Waals surface area (Å²) in [7, 11) is 3.23. The first-order valence-electron chi connectivity index (χ1n) is 5.91. The van der Waals surface area contributed by atoms with E-state index in [-0.39, 0.29) is 5.92 Å². The maximum absolute atomic E-state index is 6.10. The average molecular weight is 282 g/mol. The molecule has 0 aliphatic heterocycles. The highest BCUT2D eigenvalue weighted by atomic mass is 35.5. The predicted molar refractivity (Wildman–Crippen MR) is 73.1 cm³/mol. The normalized spacial score (nSPS) is 12.2. The molecule has 0 aliphatic rings. The van der Waals surface area contributed by atoms with E-state index in [1.165, 1.54) is 0 Å². The van der Waals surface area contributed by atoms with Gasteiger partial charge in [-0.15, -0.1) is 0 Å². The van der Waals surface area contributed by atoms with E-state index in [2.05, 4.69) is 22.3 Å². The van der Waals surface area contributed by atoms with E-state index in [0.29, 0.717) is 10.8 Å². The van der Waals surface area contributed by atoms with Crippen molar-refractivity contribution in [1.82, 2.24) is 15.4 Å². The maximum atomic E-state index is 6.10. The van der Waals surface area contributed by atoms with Gasteiger partial charge in [-0.1, -0.05) is 18.5 Å². The minimum Gasteiger partial charge on any atom is -0.496 e. The van der Waals surface area contributed by atoms with Gasteiger partial charge in [0.1, 0.15) is 11.5 Å². The van der Waals surface area contributed by atoms with Crippen LogP contribution in [-0.2, 0) is 6.42 Å². The Morgan fingerprint density at radius 2 is 2.00 bits per heavy atom. The Labute approximate surface area is 116 Å². The lowest BCUT2D eigenvalue weighted by Gasteiger charge is -2.16. The van der Waals surface area contributed by atoms with Crippen LogP contribution in [0.4, 0.5) is 0 Å². The Kier molecular flexibility index (Phi) is 4.27. The second-order valence-electron chi connectivity index (χ2n) is 4.30. The van der Waals surface area contributed by atoms with Crippen molar-refractivity contribution in [1.29, 1.82) is 0 Å². The number of H-pyrrole nitrogens is 1. The SMILES string of the molecule is COc1cc(C(C)Cc2cn[nH]n2)c(OC)cc1Cl. The summed E-state index contributed by atoms with van der Waals surface area (Å²) >= 11 is 6.10. The maximum Gasteiger partial charge on any atom is 0.138 e. The molecule has 2 rings (SSSR count). The van der Waals surface area contributed by atoms with Crippen LogP contribution in [0.15, 0.2) is 18.3 Å². The van der Waals surface area contributed by atoms with Gasteiger partial charge < -0.3 is 9.47 Å². The summed E-state index contributed by atoms with van der Waals surface area (Å²) in [5.41, 5.74) is 1.94. The molecular weight excluding hydrogens is 266 g/mol. The molecule has 1 N–H and O–H groups in total. The number of hydrogen-bond donors (Lipinski definition) is 1. The molecule has 102 valence electrons. The largest absolute Gasteiger partial charge is 0.496 e. The van der Waals surface area contributed by atoms with Gasteiger partial charge in [0.25, 0.3) is 0 Å². The fourth-order valence-electron chi connectivity index (χ4n) is 2.02. The van der Waals surface area contributed by atoms with Crippen LogP contribution < -0.4 is 9.47 Å². The van der Waals surface area contributed by atoms with Crippen LogP contribution in [0, 0.1) is 0 Å². The van der Waals surface area contributed by atoms with E-state index in [4.69, 9.17) is 21.1 Å². The van der Waals surface area contributed by atoms with Crippen molar-refractivity contribution in [2.24, 2.45) is 0 Å². The van der Waals surface area contributed by atoms with Gasteiger partial charge in [-0.3, -0.25) is 0 Å². The summed E-state index contributed by atoms with van der Waals surface area (Å²) in [5, 5.41) is 11.0.